The maximum atomic E-state index is 12.2. The molecule has 3 aromatic rings. The Morgan fingerprint density at radius 3 is 2.55 bits per heavy atom. The minimum absolute atomic E-state index is 0.0120. The number of hydrogen-bond donors (Lipinski definition) is 3. The Bertz CT molecular complexity index is 1060. The molecule has 1 aliphatic rings. The molecule has 1 fully saturated rings. The molecule has 0 radical (unpaired) electrons. The molecule has 1 saturated carbocycles. The van der Waals surface area contributed by atoms with Crippen LogP contribution in [-0.2, 0) is 0 Å². The zero-order valence-electron chi connectivity index (χ0n) is 17.5. The van der Waals surface area contributed by atoms with Gasteiger partial charge in [-0.25, -0.2) is 4.52 Å². The fourth-order valence-corrected chi connectivity index (χ4v) is 4.56. The van der Waals surface area contributed by atoms with Gasteiger partial charge in [0.25, 0.3) is 5.91 Å². The van der Waals surface area contributed by atoms with Gasteiger partial charge in [0.15, 0.2) is 0 Å². The SMILES string of the molecule is CN[C@@]1(C)CC[C@@H](Nc2c(C(N)=O)cnn3cc(-c4ccccc4)cc23)C1(C)C. The van der Waals surface area contributed by atoms with E-state index in [2.05, 4.69) is 54.7 Å². The maximum absolute atomic E-state index is 12.2. The monoisotopic (exact) mass is 391 g/mol. The van der Waals surface area contributed by atoms with E-state index >= 15 is 0 Å². The lowest BCUT2D eigenvalue weighted by atomic mass is 9.74. The number of hydrogen-bond acceptors (Lipinski definition) is 4. The Morgan fingerprint density at radius 2 is 1.93 bits per heavy atom. The summed E-state index contributed by atoms with van der Waals surface area (Å²) in [5, 5.41) is 11.6. The van der Waals surface area contributed by atoms with Crippen molar-refractivity contribution in [2.24, 2.45) is 11.1 Å². The molecular formula is C23H29N5O. The third-order valence-corrected chi connectivity index (χ3v) is 7.11. The summed E-state index contributed by atoms with van der Waals surface area (Å²) < 4.78 is 1.82. The van der Waals surface area contributed by atoms with Gasteiger partial charge in [-0.2, -0.15) is 5.10 Å². The molecule has 0 aliphatic heterocycles. The number of nitrogens with two attached hydrogens (primary N) is 1. The van der Waals surface area contributed by atoms with Crippen LogP contribution in [0.4, 0.5) is 5.69 Å². The number of primary amides is 1. The predicted molar refractivity (Wildman–Crippen MR) is 117 cm³/mol. The number of amides is 1. The van der Waals surface area contributed by atoms with Crippen LogP contribution < -0.4 is 16.4 Å². The van der Waals surface area contributed by atoms with Crippen LogP contribution in [0.3, 0.4) is 0 Å². The first-order valence-corrected chi connectivity index (χ1v) is 10.1. The van der Waals surface area contributed by atoms with Crippen molar-refractivity contribution in [1.82, 2.24) is 14.9 Å². The lowest BCUT2D eigenvalue weighted by Gasteiger charge is -2.42. The molecule has 4 N–H and O–H groups in total. The van der Waals surface area contributed by atoms with E-state index in [9.17, 15) is 4.79 Å². The van der Waals surface area contributed by atoms with Crippen LogP contribution in [-0.4, -0.2) is 34.1 Å². The van der Waals surface area contributed by atoms with Crippen LogP contribution >= 0.6 is 0 Å². The van der Waals surface area contributed by atoms with E-state index < -0.39 is 5.91 Å². The van der Waals surface area contributed by atoms with Crippen LogP contribution in [0.1, 0.15) is 44.0 Å². The average Bonchev–Trinajstić information content (AvgIpc) is 3.24. The number of rotatable bonds is 5. The molecule has 0 saturated heterocycles. The Kier molecular flexibility index (Phi) is 4.62. The first kappa shape index (κ1) is 19.5. The summed E-state index contributed by atoms with van der Waals surface area (Å²) in [5.74, 6) is -0.475. The highest BCUT2D eigenvalue weighted by Crippen LogP contribution is 2.47. The van der Waals surface area contributed by atoms with Gasteiger partial charge in [0.05, 0.1) is 23.0 Å². The second-order valence-electron chi connectivity index (χ2n) is 8.76. The number of carbonyl (C=O) groups is 1. The normalized spacial score (nSPS) is 23.4. The molecule has 0 bridgehead atoms. The van der Waals surface area contributed by atoms with E-state index in [0.29, 0.717) is 5.56 Å². The van der Waals surface area contributed by atoms with Crippen molar-refractivity contribution in [3.63, 3.8) is 0 Å². The Morgan fingerprint density at radius 1 is 1.21 bits per heavy atom. The van der Waals surface area contributed by atoms with E-state index in [1.807, 2.05) is 36.0 Å². The van der Waals surface area contributed by atoms with Gasteiger partial charge >= 0.3 is 0 Å². The lowest BCUT2D eigenvalue weighted by molar-refractivity contribution is 0.100. The Labute approximate surface area is 171 Å². The molecule has 0 unspecified atom stereocenters. The van der Waals surface area contributed by atoms with Gasteiger partial charge in [-0.15, -0.1) is 0 Å². The van der Waals surface area contributed by atoms with Crippen LogP contribution in [0.25, 0.3) is 16.6 Å². The number of nitrogens with zero attached hydrogens (tertiary/aromatic N) is 2. The summed E-state index contributed by atoms with van der Waals surface area (Å²) in [7, 11) is 2.02. The fraction of sp³-hybridized carbons (Fsp3) is 0.391. The van der Waals surface area contributed by atoms with Gasteiger partial charge in [0, 0.05) is 28.8 Å². The van der Waals surface area contributed by atoms with Crippen molar-refractivity contribution in [3.05, 3.63) is 54.4 Å². The van der Waals surface area contributed by atoms with Gasteiger partial charge in [0.1, 0.15) is 0 Å². The van der Waals surface area contributed by atoms with Gasteiger partial charge < -0.3 is 16.4 Å². The number of anilines is 1. The quantitative estimate of drug-likeness (QED) is 0.619. The summed E-state index contributed by atoms with van der Waals surface area (Å²) >= 11 is 0. The van der Waals surface area contributed by atoms with Crippen molar-refractivity contribution in [2.45, 2.75) is 45.2 Å². The van der Waals surface area contributed by atoms with Gasteiger partial charge in [-0.1, -0.05) is 44.2 Å². The molecule has 0 spiro atoms. The molecular weight excluding hydrogens is 362 g/mol. The average molecular weight is 392 g/mol. The molecule has 4 rings (SSSR count). The molecule has 1 amide bonds. The molecule has 152 valence electrons. The van der Waals surface area contributed by atoms with Crippen molar-refractivity contribution in [3.8, 4) is 11.1 Å². The largest absolute Gasteiger partial charge is 0.379 e. The fourth-order valence-electron chi connectivity index (χ4n) is 4.56. The van der Waals surface area contributed by atoms with Crippen LogP contribution in [0, 0.1) is 5.41 Å². The van der Waals surface area contributed by atoms with Crippen molar-refractivity contribution in [1.29, 1.82) is 0 Å². The zero-order chi connectivity index (χ0) is 20.8. The minimum Gasteiger partial charge on any atom is -0.379 e. The van der Waals surface area contributed by atoms with E-state index in [-0.39, 0.29) is 17.0 Å². The maximum Gasteiger partial charge on any atom is 0.252 e. The number of aromatic nitrogens is 2. The van der Waals surface area contributed by atoms with Crippen LogP contribution in [0.2, 0.25) is 0 Å². The molecule has 6 nitrogen and oxygen atoms in total. The van der Waals surface area contributed by atoms with Gasteiger partial charge in [-0.05, 0) is 38.4 Å². The van der Waals surface area contributed by atoms with Crippen molar-refractivity contribution < 1.29 is 4.79 Å². The smallest absolute Gasteiger partial charge is 0.252 e. The molecule has 2 atom stereocenters. The summed E-state index contributed by atoms with van der Waals surface area (Å²) in [4.78, 5) is 12.2. The second-order valence-corrected chi connectivity index (χ2v) is 8.76. The minimum atomic E-state index is -0.475. The third kappa shape index (κ3) is 3.08. The number of nitrogens with one attached hydrogen (secondary N) is 2. The molecule has 2 aromatic heterocycles. The van der Waals surface area contributed by atoms with Crippen molar-refractivity contribution in [2.75, 3.05) is 12.4 Å². The molecule has 29 heavy (non-hydrogen) atoms. The molecule has 2 heterocycles. The molecule has 1 aromatic carbocycles. The Balaban J connectivity index is 1.81. The topological polar surface area (TPSA) is 84.5 Å². The molecule has 6 heteroatoms. The predicted octanol–water partition coefficient (Wildman–Crippen LogP) is 3.68. The number of carbonyl (C=O) groups excluding carboxylic acids is 1. The highest BCUT2D eigenvalue weighted by atomic mass is 16.1. The molecule has 1 aliphatic carbocycles. The van der Waals surface area contributed by atoms with Crippen LogP contribution in [0.15, 0.2) is 48.8 Å². The third-order valence-electron chi connectivity index (χ3n) is 7.11. The first-order valence-electron chi connectivity index (χ1n) is 10.1. The van der Waals surface area contributed by atoms with Crippen LogP contribution in [0.5, 0.6) is 0 Å². The zero-order valence-corrected chi connectivity index (χ0v) is 17.5. The summed E-state index contributed by atoms with van der Waals surface area (Å²) in [6.07, 6.45) is 5.60. The second kappa shape index (κ2) is 6.88. The van der Waals surface area contributed by atoms with Gasteiger partial charge in [0.2, 0.25) is 0 Å². The summed E-state index contributed by atoms with van der Waals surface area (Å²) in [6.45, 7) is 6.80. The number of fused-ring (bicyclic) bond motifs is 1. The highest BCUT2D eigenvalue weighted by Gasteiger charge is 2.51. The van der Waals surface area contributed by atoms with E-state index in [1.54, 1.807) is 6.20 Å². The van der Waals surface area contributed by atoms with E-state index in [1.165, 1.54) is 0 Å². The van der Waals surface area contributed by atoms with E-state index in [0.717, 1.165) is 35.2 Å². The van der Waals surface area contributed by atoms with E-state index in [4.69, 9.17) is 5.73 Å². The lowest BCUT2D eigenvalue weighted by Crippen LogP contribution is -2.53. The van der Waals surface area contributed by atoms with Gasteiger partial charge in [-0.3, -0.25) is 4.79 Å². The Hall–Kier alpha value is -2.86. The number of benzene rings is 1. The first-order chi connectivity index (χ1) is 13.8. The summed E-state index contributed by atoms with van der Waals surface area (Å²) in [6, 6.07) is 12.4. The summed E-state index contributed by atoms with van der Waals surface area (Å²) in [5.41, 5.74) is 9.88. The van der Waals surface area contributed by atoms with Crippen molar-refractivity contribution >= 4 is 17.1 Å². The standard InChI is InChI=1S/C23H29N5O/c1-22(2)19(10-11-23(22,3)25-4)27-20-17(21(24)29)13-26-28-14-16(12-18(20)28)15-8-6-5-7-9-15/h5-9,12-14,19,25,27H,10-11H2,1-4H3,(H2,24,29)/t19-,23+/m1/s1. The highest BCUT2D eigenvalue weighted by molar-refractivity contribution is 6.02.